The minimum atomic E-state index is -0.186. The molecule has 3 nitrogen and oxygen atoms in total. The van der Waals surface area contributed by atoms with Gasteiger partial charge in [-0.25, -0.2) is 0 Å². The van der Waals surface area contributed by atoms with Gasteiger partial charge in [0.2, 0.25) is 0 Å². The summed E-state index contributed by atoms with van der Waals surface area (Å²) < 4.78 is 4.79. The number of carbonyl (C=O) groups excluding carboxylic acids is 1. The highest BCUT2D eigenvalue weighted by Gasteiger charge is 2.54. The lowest BCUT2D eigenvalue weighted by Gasteiger charge is -2.39. The summed E-state index contributed by atoms with van der Waals surface area (Å²) in [5, 5.41) is 9.38. The van der Waals surface area contributed by atoms with Crippen LogP contribution in [-0.2, 0) is 9.53 Å². The van der Waals surface area contributed by atoms with Gasteiger partial charge >= 0.3 is 5.97 Å². The van der Waals surface area contributed by atoms with Crippen molar-refractivity contribution in [3.8, 4) is 0 Å². The Balaban J connectivity index is 2.91. The fourth-order valence-corrected chi connectivity index (χ4v) is 2.40. The Hall–Kier alpha value is -0.570. The van der Waals surface area contributed by atoms with E-state index in [-0.39, 0.29) is 29.3 Å². The summed E-state index contributed by atoms with van der Waals surface area (Å²) in [7, 11) is 1.42. The minimum Gasteiger partial charge on any atom is -0.469 e. The summed E-state index contributed by atoms with van der Waals surface area (Å²) in [5.41, 5.74) is -0.347. The third kappa shape index (κ3) is 1.44. The van der Waals surface area contributed by atoms with E-state index in [2.05, 4.69) is 0 Å². The first-order valence-corrected chi connectivity index (χ1v) is 5.08. The van der Waals surface area contributed by atoms with Gasteiger partial charge in [-0.1, -0.05) is 20.8 Å². The van der Waals surface area contributed by atoms with Crippen molar-refractivity contribution in [1.82, 2.24) is 0 Å². The summed E-state index contributed by atoms with van der Waals surface area (Å²) in [6, 6.07) is 0. The number of carbonyl (C=O) groups is 1. The molecule has 2 atom stereocenters. The fourth-order valence-electron chi connectivity index (χ4n) is 2.40. The summed E-state index contributed by atoms with van der Waals surface area (Å²) >= 11 is 0. The molecular formula is C11H20O3. The number of aliphatic hydroxyl groups is 1. The van der Waals surface area contributed by atoms with Gasteiger partial charge < -0.3 is 9.84 Å². The Labute approximate surface area is 85.5 Å². The molecule has 14 heavy (non-hydrogen) atoms. The van der Waals surface area contributed by atoms with Crippen LogP contribution in [0.4, 0.5) is 0 Å². The quantitative estimate of drug-likeness (QED) is 0.689. The summed E-state index contributed by atoms with van der Waals surface area (Å²) in [6.07, 6.45) is 1.70. The topological polar surface area (TPSA) is 46.5 Å². The number of hydrogen-bond donors (Lipinski definition) is 1. The molecule has 0 spiro atoms. The van der Waals surface area contributed by atoms with E-state index >= 15 is 0 Å². The second kappa shape index (κ2) is 3.54. The van der Waals surface area contributed by atoms with E-state index in [0.29, 0.717) is 0 Å². The Morgan fingerprint density at radius 1 is 1.50 bits per heavy atom. The number of aliphatic hydroxyl groups excluding tert-OH is 1. The lowest BCUT2D eigenvalue weighted by atomic mass is 9.66. The molecule has 0 saturated heterocycles. The van der Waals surface area contributed by atoms with Crippen LogP contribution in [0.2, 0.25) is 0 Å². The first-order chi connectivity index (χ1) is 6.39. The number of hydrogen-bond acceptors (Lipinski definition) is 3. The molecule has 82 valence electrons. The maximum atomic E-state index is 11.5. The Kier molecular flexibility index (Phi) is 2.91. The van der Waals surface area contributed by atoms with E-state index in [9.17, 15) is 9.90 Å². The third-order valence-electron chi connectivity index (χ3n) is 4.25. The van der Waals surface area contributed by atoms with Gasteiger partial charge in [-0.05, 0) is 23.7 Å². The van der Waals surface area contributed by atoms with Crippen LogP contribution in [0.25, 0.3) is 0 Å². The number of ether oxygens (including phenoxy) is 1. The fraction of sp³-hybridized carbons (Fsp3) is 0.909. The number of methoxy groups -OCH3 is 1. The van der Waals surface area contributed by atoms with E-state index in [4.69, 9.17) is 4.74 Å². The van der Waals surface area contributed by atoms with Crippen molar-refractivity contribution < 1.29 is 14.6 Å². The van der Waals surface area contributed by atoms with E-state index in [1.54, 1.807) is 0 Å². The smallest absolute Gasteiger partial charge is 0.309 e. The van der Waals surface area contributed by atoms with Crippen LogP contribution in [0.15, 0.2) is 0 Å². The zero-order chi connectivity index (χ0) is 11.0. The molecule has 0 heterocycles. The van der Waals surface area contributed by atoms with Crippen LogP contribution in [-0.4, -0.2) is 24.8 Å². The Bertz CT molecular complexity index is 235. The zero-order valence-electron chi connectivity index (χ0n) is 9.46. The zero-order valence-corrected chi connectivity index (χ0v) is 9.46. The van der Waals surface area contributed by atoms with E-state index in [1.807, 2.05) is 20.8 Å². The standard InChI is InChI=1S/C11H20O3/c1-10(2)8(9(13)14-4)5-6-11(10,3)7-12/h8,12H,5-7H2,1-4H3/t8-,11+/m1/s1. The molecule has 0 unspecified atom stereocenters. The molecule has 0 aromatic heterocycles. The molecule has 0 aliphatic heterocycles. The molecule has 1 rings (SSSR count). The van der Waals surface area contributed by atoms with E-state index in [1.165, 1.54) is 7.11 Å². The largest absolute Gasteiger partial charge is 0.469 e. The molecule has 1 aliphatic carbocycles. The third-order valence-corrected chi connectivity index (χ3v) is 4.25. The Morgan fingerprint density at radius 3 is 2.43 bits per heavy atom. The van der Waals surface area contributed by atoms with Gasteiger partial charge in [-0.2, -0.15) is 0 Å². The highest BCUT2D eigenvalue weighted by Crippen LogP contribution is 2.55. The van der Waals surface area contributed by atoms with Gasteiger partial charge in [0.25, 0.3) is 0 Å². The monoisotopic (exact) mass is 200 g/mol. The van der Waals surface area contributed by atoms with Crippen LogP contribution in [0.5, 0.6) is 0 Å². The van der Waals surface area contributed by atoms with Crippen molar-refractivity contribution in [3.63, 3.8) is 0 Å². The maximum Gasteiger partial charge on any atom is 0.309 e. The van der Waals surface area contributed by atoms with Gasteiger partial charge in [-0.15, -0.1) is 0 Å². The van der Waals surface area contributed by atoms with Crippen molar-refractivity contribution in [2.45, 2.75) is 33.6 Å². The molecule has 1 fully saturated rings. The second-order valence-corrected chi connectivity index (χ2v) is 5.05. The van der Waals surface area contributed by atoms with Crippen LogP contribution >= 0.6 is 0 Å². The molecule has 0 radical (unpaired) electrons. The molecule has 0 aromatic rings. The van der Waals surface area contributed by atoms with Crippen molar-refractivity contribution in [2.75, 3.05) is 13.7 Å². The van der Waals surface area contributed by atoms with Gasteiger partial charge in [0.15, 0.2) is 0 Å². The van der Waals surface area contributed by atoms with Crippen molar-refractivity contribution in [1.29, 1.82) is 0 Å². The van der Waals surface area contributed by atoms with E-state index < -0.39 is 0 Å². The van der Waals surface area contributed by atoms with Gasteiger partial charge in [-0.3, -0.25) is 4.79 Å². The molecule has 1 aliphatic rings. The first-order valence-electron chi connectivity index (χ1n) is 5.08. The van der Waals surface area contributed by atoms with Crippen molar-refractivity contribution in [2.24, 2.45) is 16.7 Å². The molecule has 1 N–H and O–H groups in total. The lowest BCUT2D eigenvalue weighted by molar-refractivity contribution is -0.150. The van der Waals surface area contributed by atoms with Crippen LogP contribution in [0.3, 0.4) is 0 Å². The van der Waals surface area contributed by atoms with Crippen molar-refractivity contribution >= 4 is 5.97 Å². The average molecular weight is 200 g/mol. The molecule has 0 aromatic carbocycles. The van der Waals surface area contributed by atoms with Crippen LogP contribution in [0.1, 0.15) is 33.6 Å². The van der Waals surface area contributed by atoms with Gasteiger partial charge in [0.05, 0.1) is 13.0 Å². The van der Waals surface area contributed by atoms with Gasteiger partial charge in [0.1, 0.15) is 0 Å². The van der Waals surface area contributed by atoms with Gasteiger partial charge in [0, 0.05) is 6.61 Å². The highest BCUT2D eigenvalue weighted by molar-refractivity contribution is 5.73. The SMILES string of the molecule is COC(=O)[C@H]1CC[C@@](C)(CO)C1(C)C. The normalized spacial score (nSPS) is 35.6. The molecule has 1 saturated carbocycles. The molecule has 0 bridgehead atoms. The summed E-state index contributed by atoms with van der Waals surface area (Å²) in [4.78, 5) is 11.5. The van der Waals surface area contributed by atoms with E-state index in [0.717, 1.165) is 12.8 Å². The molecule has 0 amide bonds. The van der Waals surface area contributed by atoms with Crippen LogP contribution < -0.4 is 0 Å². The highest BCUT2D eigenvalue weighted by atomic mass is 16.5. The number of esters is 1. The predicted octanol–water partition coefficient (Wildman–Crippen LogP) is 1.59. The second-order valence-electron chi connectivity index (χ2n) is 5.05. The molecular weight excluding hydrogens is 180 g/mol. The average Bonchev–Trinajstić information content (AvgIpc) is 2.38. The predicted molar refractivity (Wildman–Crippen MR) is 53.7 cm³/mol. The molecule has 3 heteroatoms. The number of rotatable bonds is 2. The summed E-state index contributed by atoms with van der Waals surface area (Å²) in [5.74, 6) is -0.225. The van der Waals surface area contributed by atoms with Crippen molar-refractivity contribution in [3.05, 3.63) is 0 Å². The van der Waals surface area contributed by atoms with Crippen LogP contribution in [0, 0.1) is 16.7 Å². The first kappa shape index (κ1) is 11.5. The summed E-state index contributed by atoms with van der Waals surface area (Å²) in [6.45, 7) is 6.25. The maximum absolute atomic E-state index is 11.5. The lowest BCUT2D eigenvalue weighted by Crippen LogP contribution is -2.40. The Morgan fingerprint density at radius 2 is 2.07 bits per heavy atom. The minimum absolute atomic E-state index is 0.0790.